The second-order valence-electron chi connectivity index (χ2n) is 4.68. The number of nitrogens with zero attached hydrogens (tertiary/aromatic N) is 1. The lowest BCUT2D eigenvalue weighted by Crippen LogP contribution is -2.44. The summed E-state index contributed by atoms with van der Waals surface area (Å²) < 4.78 is 4.89. The Hall–Kier alpha value is -1.07. The van der Waals surface area contributed by atoms with Crippen LogP contribution in [-0.2, 0) is 0 Å². The molecule has 2 atom stereocenters. The van der Waals surface area contributed by atoms with Gasteiger partial charge in [-0.1, -0.05) is 18.0 Å². The van der Waals surface area contributed by atoms with Crippen molar-refractivity contribution in [1.82, 2.24) is 10.5 Å². The molecule has 0 spiro atoms. The molecule has 1 aromatic heterocycles. The number of hydrogen-bond acceptors (Lipinski definition) is 4. The van der Waals surface area contributed by atoms with E-state index in [4.69, 9.17) is 10.3 Å². The average molecular weight is 274 g/mol. The maximum absolute atomic E-state index is 11.9. The van der Waals surface area contributed by atoms with Gasteiger partial charge in [0.15, 0.2) is 5.69 Å². The van der Waals surface area contributed by atoms with Crippen molar-refractivity contribution in [3.63, 3.8) is 0 Å². The zero-order valence-electron chi connectivity index (χ0n) is 10.5. The Bertz CT molecular complexity index is 394. The molecule has 6 heteroatoms. The number of aryl methyl sites for hydroxylation is 1. The van der Waals surface area contributed by atoms with Crippen LogP contribution in [0.1, 0.15) is 41.9 Å². The molecule has 102 valence electrons. The Labute approximate surface area is 113 Å². The maximum atomic E-state index is 11.9. The molecular formula is C12H20ClN3O2. The summed E-state index contributed by atoms with van der Waals surface area (Å²) in [7, 11) is 0. The molecule has 5 nitrogen and oxygen atoms in total. The van der Waals surface area contributed by atoms with Gasteiger partial charge in [-0.05, 0) is 32.2 Å². The molecule has 1 heterocycles. The van der Waals surface area contributed by atoms with Gasteiger partial charge in [0, 0.05) is 12.1 Å². The van der Waals surface area contributed by atoms with E-state index in [1.165, 1.54) is 6.42 Å². The third-order valence-electron chi connectivity index (χ3n) is 3.39. The zero-order valence-corrected chi connectivity index (χ0v) is 11.3. The fourth-order valence-corrected chi connectivity index (χ4v) is 2.40. The molecule has 1 fully saturated rings. The smallest absolute Gasteiger partial charge is 0.273 e. The fourth-order valence-electron chi connectivity index (χ4n) is 2.40. The molecule has 2 unspecified atom stereocenters. The van der Waals surface area contributed by atoms with E-state index in [-0.39, 0.29) is 24.4 Å². The molecule has 2 rings (SSSR count). The Morgan fingerprint density at radius 2 is 2.28 bits per heavy atom. The van der Waals surface area contributed by atoms with E-state index < -0.39 is 0 Å². The molecule has 0 aliphatic heterocycles. The van der Waals surface area contributed by atoms with Gasteiger partial charge >= 0.3 is 0 Å². The number of carbonyl (C=O) groups excluding carboxylic acids is 1. The van der Waals surface area contributed by atoms with Crippen LogP contribution in [0.2, 0.25) is 0 Å². The number of halogens is 1. The summed E-state index contributed by atoms with van der Waals surface area (Å²) >= 11 is 0. The summed E-state index contributed by atoms with van der Waals surface area (Å²) in [6, 6.07) is 1.83. The molecule has 18 heavy (non-hydrogen) atoms. The second kappa shape index (κ2) is 6.75. The van der Waals surface area contributed by atoms with Gasteiger partial charge in [-0.15, -0.1) is 12.4 Å². The minimum Gasteiger partial charge on any atom is -0.361 e. The standard InChI is InChI=1S/C12H19N3O2.ClH/c1-8-6-11(15-17-8)12(16)14-10-5-3-2-4-9(10)7-13;/h6,9-10H,2-5,7,13H2,1H3,(H,14,16);1H. The number of amides is 1. The predicted octanol–water partition coefficient (Wildman–Crippen LogP) is 1.65. The Kier molecular flexibility index (Phi) is 5.62. The molecule has 0 bridgehead atoms. The van der Waals surface area contributed by atoms with Gasteiger partial charge in [-0.3, -0.25) is 4.79 Å². The number of rotatable bonds is 3. The lowest BCUT2D eigenvalue weighted by Gasteiger charge is -2.30. The van der Waals surface area contributed by atoms with Crippen molar-refractivity contribution < 1.29 is 9.32 Å². The Morgan fingerprint density at radius 1 is 1.56 bits per heavy atom. The molecule has 1 aliphatic rings. The molecule has 0 saturated heterocycles. The zero-order chi connectivity index (χ0) is 12.3. The summed E-state index contributed by atoms with van der Waals surface area (Å²) in [5.41, 5.74) is 6.08. The normalized spacial score (nSPS) is 23.2. The lowest BCUT2D eigenvalue weighted by molar-refractivity contribution is 0.0899. The highest BCUT2D eigenvalue weighted by Crippen LogP contribution is 2.23. The van der Waals surface area contributed by atoms with Crippen LogP contribution >= 0.6 is 12.4 Å². The predicted molar refractivity (Wildman–Crippen MR) is 70.8 cm³/mol. The summed E-state index contributed by atoms with van der Waals surface area (Å²) in [5, 5.41) is 6.72. The van der Waals surface area contributed by atoms with Gasteiger partial charge in [0.05, 0.1) is 0 Å². The SMILES string of the molecule is Cc1cc(C(=O)NC2CCCCC2CN)no1.Cl. The van der Waals surface area contributed by atoms with Crippen molar-refractivity contribution in [2.75, 3.05) is 6.54 Å². The molecule has 1 aliphatic carbocycles. The largest absolute Gasteiger partial charge is 0.361 e. The van der Waals surface area contributed by atoms with E-state index in [1.54, 1.807) is 13.0 Å². The van der Waals surface area contributed by atoms with E-state index >= 15 is 0 Å². The van der Waals surface area contributed by atoms with Crippen molar-refractivity contribution in [2.45, 2.75) is 38.6 Å². The van der Waals surface area contributed by atoms with Crippen molar-refractivity contribution in [1.29, 1.82) is 0 Å². The van der Waals surface area contributed by atoms with E-state index in [0.717, 1.165) is 19.3 Å². The third kappa shape index (κ3) is 3.46. The Morgan fingerprint density at radius 3 is 2.89 bits per heavy atom. The first-order valence-electron chi connectivity index (χ1n) is 6.15. The van der Waals surface area contributed by atoms with Gasteiger partial charge < -0.3 is 15.6 Å². The third-order valence-corrected chi connectivity index (χ3v) is 3.39. The van der Waals surface area contributed by atoms with Gasteiger partial charge in [0.25, 0.3) is 5.91 Å². The van der Waals surface area contributed by atoms with Crippen molar-refractivity contribution >= 4 is 18.3 Å². The van der Waals surface area contributed by atoms with Crippen molar-refractivity contribution in [3.8, 4) is 0 Å². The van der Waals surface area contributed by atoms with E-state index in [0.29, 0.717) is 23.9 Å². The van der Waals surface area contributed by atoms with Crippen LogP contribution in [-0.4, -0.2) is 23.7 Å². The summed E-state index contributed by atoms with van der Waals surface area (Å²) in [6.07, 6.45) is 4.46. The van der Waals surface area contributed by atoms with Gasteiger partial charge in [-0.25, -0.2) is 0 Å². The van der Waals surface area contributed by atoms with Crippen LogP contribution in [0.5, 0.6) is 0 Å². The number of aromatic nitrogens is 1. The first-order chi connectivity index (χ1) is 8.20. The maximum Gasteiger partial charge on any atom is 0.273 e. The fraction of sp³-hybridized carbons (Fsp3) is 0.667. The highest BCUT2D eigenvalue weighted by Gasteiger charge is 2.26. The minimum absolute atomic E-state index is 0. The summed E-state index contributed by atoms with van der Waals surface area (Å²) in [6.45, 7) is 2.40. The highest BCUT2D eigenvalue weighted by molar-refractivity contribution is 5.92. The Balaban J connectivity index is 0.00000162. The van der Waals surface area contributed by atoms with Gasteiger partial charge in [0.2, 0.25) is 0 Å². The van der Waals surface area contributed by atoms with E-state index in [1.807, 2.05) is 0 Å². The van der Waals surface area contributed by atoms with Gasteiger partial charge in [0.1, 0.15) is 5.76 Å². The molecule has 1 amide bonds. The number of nitrogens with one attached hydrogen (secondary N) is 1. The first kappa shape index (κ1) is 15.0. The number of hydrogen-bond donors (Lipinski definition) is 2. The molecular weight excluding hydrogens is 254 g/mol. The molecule has 3 N–H and O–H groups in total. The molecule has 1 aromatic rings. The highest BCUT2D eigenvalue weighted by atomic mass is 35.5. The average Bonchev–Trinajstić information content (AvgIpc) is 2.77. The van der Waals surface area contributed by atoms with Crippen LogP contribution in [0.15, 0.2) is 10.6 Å². The van der Waals surface area contributed by atoms with Crippen LogP contribution in [0.4, 0.5) is 0 Å². The number of nitrogens with two attached hydrogens (primary N) is 1. The first-order valence-corrected chi connectivity index (χ1v) is 6.15. The van der Waals surface area contributed by atoms with E-state index in [9.17, 15) is 4.79 Å². The summed E-state index contributed by atoms with van der Waals surface area (Å²) in [4.78, 5) is 11.9. The van der Waals surface area contributed by atoms with Crippen molar-refractivity contribution in [2.24, 2.45) is 11.7 Å². The molecule has 0 aromatic carbocycles. The topological polar surface area (TPSA) is 81.2 Å². The minimum atomic E-state index is -0.160. The van der Waals surface area contributed by atoms with Gasteiger partial charge in [-0.2, -0.15) is 0 Å². The summed E-state index contributed by atoms with van der Waals surface area (Å²) in [5.74, 6) is 0.877. The molecule has 1 saturated carbocycles. The molecule has 0 radical (unpaired) electrons. The lowest BCUT2D eigenvalue weighted by atomic mass is 9.84. The van der Waals surface area contributed by atoms with Crippen molar-refractivity contribution in [3.05, 3.63) is 17.5 Å². The van der Waals surface area contributed by atoms with Crippen LogP contribution in [0, 0.1) is 12.8 Å². The van der Waals surface area contributed by atoms with Crippen LogP contribution in [0.3, 0.4) is 0 Å². The van der Waals surface area contributed by atoms with Crippen LogP contribution in [0.25, 0.3) is 0 Å². The van der Waals surface area contributed by atoms with Crippen LogP contribution < -0.4 is 11.1 Å². The second-order valence-corrected chi connectivity index (χ2v) is 4.68. The monoisotopic (exact) mass is 273 g/mol. The quantitative estimate of drug-likeness (QED) is 0.877. The van der Waals surface area contributed by atoms with E-state index in [2.05, 4.69) is 10.5 Å². The number of carbonyl (C=O) groups is 1.